The summed E-state index contributed by atoms with van der Waals surface area (Å²) in [5.41, 5.74) is 6.09. The predicted molar refractivity (Wildman–Crippen MR) is 61.1 cm³/mol. The first-order valence-electron chi connectivity index (χ1n) is 5.30. The van der Waals surface area contributed by atoms with E-state index in [9.17, 15) is 4.79 Å². The maximum Gasteiger partial charge on any atom is 0.256 e. The van der Waals surface area contributed by atoms with Gasteiger partial charge in [0.1, 0.15) is 11.4 Å². The molecule has 3 N–H and O–H groups in total. The molecule has 0 spiro atoms. The van der Waals surface area contributed by atoms with Crippen molar-refractivity contribution in [3.8, 4) is 0 Å². The highest BCUT2D eigenvalue weighted by Gasteiger charge is 2.12. The smallest absolute Gasteiger partial charge is 0.256 e. The minimum absolute atomic E-state index is 0.193. The molecule has 0 saturated carbocycles. The molecule has 1 amide bonds. The van der Waals surface area contributed by atoms with Crippen molar-refractivity contribution in [1.82, 2.24) is 15.1 Å². The summed E-state index contributed by atoms with van der Waals surface area (Å²) in [4.78, 5) is 11.6. The molecule has 6 heteroatoms. The maximum atomic E-state index is 11.6. The summed E-state index contributed by atoms with van der Waals surface area (Å²) in [5.74, 6) is 0.185. The van der Waals surface area contributed by atoms with E-state index in [-0.39, 0.29) is 5.91 Å². The maximum absolute atomic E-state index is 11.6. The molecule has 1 aromatic heterocycles. The van der Waals surface area contributed by atoms with E-state index in [1.807, 2.05) is 6.92 Å². The molecular weight excluding hydrogens is 208 g/mol. The lowest BCUT2D eigenvalue weighted by Crippen LogP contribution is -2.25. The topological polar surface area (TPSA) is 82.2 Å². The van der Waals surface area contributed by atoms with Gasteiger partial charge in [-0.15, -0.1) is 0 Å². The Labute approximate surface area is 94.8 Å². The first kappa shape index (κ1) is 12.5. The number of hydrogen-bond acceptors (Lipinski definition) is 4. The van der Waals surface area contributed by atoms with Crippen LogP contribution in [0.4, 0.5) is 5.82 Å². The average Bonchev–Trinajstić information content (AvgIpc) is 2.59. The number of hydrogen-bond donors (Lipinski definition) is 2. The summed E-state index contributed by atoms with van der Waals surface area (Å²) >= 11 is 0. The van der Waals surface area contributed by atoms with Gasteiger partial charge in [0.05, 0.1) is 6.20 Å². The van der Waals surface area contributed by atoms with E-state index in [0.717, 1.165) is 6.42 Å². The van der Waals surface area contributed by atoms with E-state index in [0.29, 0.717) is 31.1 Å². The second-order valence-corrected chi connectivity index (χ2v) is 3.37. The van der Waals surface area contributed by atoms with Crippen molar-refractivity contribution in [3.05, 3.63) is 11.8 Å². The van der Waals surface area contributed by atoms with Crippen molar-refractivity contribution >= 4 is 11.7 Å². The van der Waals surface area contributed by atoms with Gasteiger partial charge in [-0.2, -0.15) is 5.10 Å². The van der Waals surface area contributed by atoms with E-state index in [2.05, 4.69) is 10.4 Å². The number of ether oxygens (including phenoxy) is 1. The standard InChI is InChI=1S/C10H18N4O2/c1-3-16-6-4-5-12-10(15)8-7-13-14(2)9(8)11/h7H,3-6,11H2,1-2H3,(H,12,15). The zero-order valence-electron chi connectivity index (χ0n) is 9.69. The van der Waals surface area contributed by atoms with Gasteiger partial charge in [-0.05, 0) is 13.3 Å². The number of anilines is 1. The Hall–Kier alpha value is -1.56. The van der Waals surface area contributed by atoms with Crippen molar-refractivity contribution in [2.75, 3.05) is 25.5 Å². The Balaban J connectivity index is 2.33. The molecule has 0 fully saturated rings. The monoisotopic (exact) mass is 226 g/mol. The van der Waals surface area contributed by atoms with Crippen LogP contribution in [0.3, 0.4) is 0 Å². The number of nitrogen functional groups attached to an aromatic ring is 1. The fourth-order valence-electron chi connectivity index (χ4n) is 1.24. The Kier molecular flexibility index (Phi) is 4.78. The van der Waals surface area contributed by atoms with E-state index >= 15 is 0 Å². The van der Waals surface area contributed by atoms with Crippen LogP contribution in [0, 0.1) is 0 Å². The van der Waals surface area contributed by atoms with Crippen LogP contribution in [0.15, 0.2) is 6.20 Å². The molecule has 16 heavy (non-hydrogen) atoms. The number of aromatic nitrogens is 2. The van der Waals surface area contributed by atoms with E-state index in [4.69, 9.17) is 10.5 Å². The first-order chi connectivity index (χ1) is 7.66. The van der Waals surface area contributed by atoms with Crippen LogP contribution in [-0.4, -0.2) is 35.4 Å². The molecule has 0 aliphatic carbocycles. The second kappa shape index (κ2) is 6.12. The number of nitrogens with one attached hydrogen (secondary N) is 1. The number of carbonyl (C=O) groups is 1. The Morgan fingerprint density at radius 2 is 2.44 bits per heavy atom. The molecule has 0 bridgehead atoms. The molecule has 6 nitrogen and oxygen atoms in total. The van der Waals surface area contributed by atoms with Crippen molar-refractivity contribution < 1.29 is 9.53 Å². The highest BCUT2D eigenvalue weighted by molar-refractivity contribution is 5.98. The Bertz CT molecular complexity index is 349. The zero-order valence-corrected chi connectivity index (χ0v) is 9.69. The quantitative estimate of drug-likeness (QED) is 0.677. The van der Waals surface area contributed by atoms with Gasteiger partial charge in [0.25, 0.3) is 5.91 Å². The van der Waals surface area contributed by atoms with Crippen molar-refractivity contribution in [2.24, 2.45) is 7.05 Å². The molecule has 1 heterocycles. The largest absolute Gasteiger partial charge is 0.383 e. The SMILES string of the molecule is CCOCCCNC(=O)c1cnn(C)c1N. The van der Waals surface area contributed by atoms with Crippen LogP contribution in [0.5, 0.6) is 0 Å². The molecule has 1 aromatic rings. The predicted octanol–water partition coefficient (Wildman–Crippen LogP) is 0.159. The minimum Gasteiger partial charge on any atom is -0.383 e. The van der Waals surface area contributed by atoms with E-state index < -0.39 is 0 Å². The molecule has 0 aliphatic rings. The zero-order chi connectivity index (χ0) is 12.0. The molecular formula is C10H18N4O2. The van der Waals surface area contributed by atoms with E-state index in [1.54, 1.807) is 7.05 Å². The van der Waals surface area contributed by atoms with Crippen LogP contribution in [-0.2, 0) is 11.8 Å². The second-order valence-electron chi connectivity index (χ2n) is 3.37. The highest BCUT2D eigenvalue weighted by atomic mass is 16.5. The third-order valence-corrected chi connectivity index (χ3v) is 2.18. The van der Waals surface area contributed by atoms with Crippen molar-refractivity contribution in [1.29, 1.82) is 0 Å². The number of nitrogens with zero attached hydrogens (tertiary/aromatic N) is 2. The number of amides is 1. The molecule has 1 rings (SSSR count). The molecule has 90 valence electrons. The molecule has 0 aliphatic heterocycles. The van der Waals surface area contributed by atoms with Gasteiger partial charge < -0.3 is 15.8 Å². The molecule has 0 atom stereocenters. The fraction of sp³-hybridized carbons (Fsp3) is 0.600. The van der Waals surface area contributed by atoms with Gasteiger partial charge in [0.2, 0.25) is 0 Å². The molecule has 0 saturated heterocycles. The summed E-state index contributed by atoms with van der Waals surface area (Å²) in [7, 11) is 1.70. The van der Waals surface area contributed by atoms with Gasteiger partial charge in [-0.3, -0.25) is 9.48 Å². The molecule has 0 unspecified atom stereocenters. The van der Waals surface area contributed by atoms with Crippen LogP contribution in [0.2, 0.25) is 0 Å². The van der Waals surface area contributed by atoms with Gasteiger partial charge in [-0.25, -0.2) is 0 Å². The lowest BCUT2D eigenvalue weighted by Gasteiger charge is -2.04. The minimum atomic E-state index is -0.193. The number of carbonyl (C=O) groups excluding carboxylic acids is 1. The third-order valence-electron chi connectivity index (χ3n) is 2.18. The van der Waals surface area contributed by atoms with Gasteiger partial charge in [0, 0.05) is 26.8 Å². The van der Waals surface area contributed by atoms with Crippen LogP contribution in [0.25, 0.3) is 0 Å². The lowest BCUT2D eigenvalue weighted by atomic mass is 10.3. The fourth-order valence-corrected chi connectivity index (χ4v) is 1.24. The first-order valence-corrected chi connectivity index (χ1v) is 5.30. The highest BCUT2D eigenvalue weighted by Crippen LogP contribution is 2.08. The summed E-state index contributed by atoms with van der Waals surface area (Å²) in [6.45, 7) is 3.87. The molecule has 0 aromatic carbocycles. The van der Waals surface area contributed by atoms with Crippen LogP contribution < -0.4 is 11.1 Å². The van der Waals surface area contributed by atoms with E-state index in [1.165, 1.54) is 10.9 Å². The Morgan fingerprint density at radius 3 is 3.00 bits per heavy atom. The third kappa shape index (κ3) is 3.23. The van der Waals surface area contributed by atoms with Gasteiger partial charge in [-0.1, -0.05) is 0 Å². The van der Waals surface area contributed by atoms with Gasteiger partial charge in [0.15, 0.2) is 0 Å². The average molecular weight is 226 g/mol. The summed E-state index contributed by atoms with van der Waals surface area (Å²) in [5, 5.41) is 6.66. The van der Waals surface area contributed by atoms with Crippen molar-refractivity contribution in [3.63, 3.8) is 0 Å². The number of aryl methyl sites for hydroxylation is 1. The molecule has 0 radical (unpaired) electrons. The van der Waals surface area contributed by atoms with Crippen molar-refractivity contribution in [2.45, 2.75) is 13.3 Å². The lowest BCUT2D eigenvalue weighted by molar-refractivity contribution is 0.0945. The Morgan fingerprint density at radius 1 is 1.69 bits per heavy atom. The summed E-state index contributed by atoms with van der Waals surface area (Å²) < 4.78 is 6.62. The number of nitrogens with two attached hydrogens (primary N) is 1. The van der Waals surface area contributed by atoms with Crippen LogP contribution >= 0.6 is 0 Å². The normalized spacial score (nSPS) is 10.4. The number of rotatable bonds is 6. The van der Waals surface area contributed by atoms with Crippen LogP contribution in [0.1, 0.15) is 23.7 Å². The summed E-state index contributed by atoms with van der Waals surface area (Å²) in [6, 6.07) is 0. The summed E-state index contributed by atoms with van der Waals surface area (Å²) in [6.07, 6.45) is 2.26. The van der Waals surface area contributed by atoms with Gasteiger partial charge >= 0.3 is 0 Å².